The number of aliphatic hydroxyl groups is 1. The van der Waals surface area contributed by atoms with Crippen LogP contribution < -0.4 is 10.5 Å². The molecular formula is C30H32FN7O3. The highest BCUT2D eigenvalue weighted by Crippen LogP contribution is 2.34. The Morgan fingerprint density at radius 2 is 1.73 bits per heavy atom. The monoisotopic (exact) mass is 557 g/mol. The molecule has 1 amide bonds. The minimum absolute atomic E-state index is 0.0465. The van der Waals surface area contributed by atoms with E-state index >= 15 is 0 Å². The van der Waals surface area contributed by atoms with Crippen LogP contribution in [0.25, 0.3) is 16.7 Å². The number of nitrogens with zero attached hydrogens (tertiary/aromatic N) is 7. The molecule has 1 N–H and O–H groups in total. The van der Waals surface area contributed by atoms with Crippen LogP contribution in [0.3, 0.4) is 0 Å². The lowest BCUT2D eigenvalue weighted by Gasteiger charge is -2.38. The van der Waals surface area contributed by atoms with E-state index in [2.05, 4.69) is 26.9 Å². The quantitative estimate of drug-likeness (QED) is 0.402. The number of carbonyl (C=O) groups is 1. The first-order chi connectivity index (χ1) is 19.8. The van der Waals surface area contributed by atoms with Crippen molar-refractivity contribution in [3.8, 4) is 5.69 Å². The number of piperazine rings is 1. The molecule has 212 valence electrons. The summed E-state index contributed by atoms with van der Waals surface area (Å²) in [6.07, 6.45) is 4.74. The minimum atomic E-state index is -1.14. The van der Waals surface area contributed by atoms with E-state index in [4.69, 9.17) is 0 Å². The van der Waals surface area contributed by atoms with Gasteiger partial charge < -0.3 is 14.9 Å². The number of aromatic nitrogens is 4. The van der Waals surface area contributed by atoms with Gasteiger partial charge in [0.1, 0.15) is 17.5 Å². The van der Waals surface area contributed by atoms with Gasteiger partial charge >= 0.3 is 0 Å². The Morgan fingerprint density at radius 1 is 1.02 bits per heavy atom. The Kier molecular flexibility index (Phi) is 6.16. The molecule has 4 aromatic rings. The largest absolute Gasteiger partial charge is 0.388 e. The van der Waals surface area contributed by atoms with Gasteiger partial charge in [0, 0.05) is 49.5 Å². The van der Waals surface area contributed by atoms with Crippen LogP contribution in [0.5, 0.6) is 0 Å². The van der Waals surface area contributed by atoms with Gasteiger partial charge in [-0.3, -0.25) is 19.1 Å². The average molecular weight is 558 g/mol. The number of fused-ring (bicyclic) bond motifs is 3. The first kappa shape index (κ1) is 25.8. The van der Waals surface area contributed by atoms with Gasteiger partial charge in [-0.1, -0.05) is 0 Å². The predicted molar refractivity (Wildman–Crippen MR) is 152 cm³/mol. The maximum atomic E-state index is 13.3. The molecule has 2 unspecified atom stereocenters. The molecule has 0 saturated carbocycles. The second-order valence-electron chi connectivity index (χ2n) is 11.6. The third-order valence-corrected chi connectivity index (χ3v) is 9.03. The number of amides is 1. The molecule has 0 spiro atoms. The lowest BCUT2D eigenvalue weighted by Crippen LogP contribution is -2.49. The summed E-state index contributed by atoms with van der Waals surface area (Å²) in [6.45, 7) is 2.97. The first-order valence-corrected chi connectivity index (χ1v) is 14.1. The van der Waals surface area contributed by atoms with Crippen molar-refractivity contribution in [2.24, 2.45) is 0 Å². The molecule has 3 fully saturated rings. The van der Waals surface area contributed by atoms with Crippen molar-refractivity contribution in [3.63, 3.8) is 0 Å². The second-order valence-corrected chi connectivity index (χ2v) is 11.6. The summed E-state index contributed by atoms with van der Waals surface area (Å²) >= 11 is 0. The maximum Gasteiger partial charge on any atom is 0.264 e. The van der Waals surface area contributed by atoms with Crippen molar-refractivity contribution in [1.29, 1.82) is 0 Å². The lowest BCUT2D eigenvalue weighted by atomic mass is 9.91. The number of likely N-dealkylation sites (N-methyl/N-ethyl adjacent to an activating group) is 1. The number of likely N-dealkylation sites (tertiary alicyclic amines) is 2. The Hall–Kier alpha value is -4.09. The molecule has 5 heterocycles. The fourth-order valence-corrected chi connectivity index (χ4v) is 6.59. The minimum Gasteiger partial charge on any atom is -0.388 e. The topological polar surface area (TPSA) is 99.7 Å². The number of carbonyl (C=O) groups excluding carboxylic acids is 1. The van der Waals surface area contributed by atoms with Crippen LogP contribution in [0.4, 0.5) is 10.1 Å². The molecule has 2 aromatic carbocycles. The molecular weight excluding hydrogens is 525 g/mol. The molecule has 10 nitrogen and oxygen atoms in total. The van der Waals surface area contributed by atoms with Gasteiger partial charge in [-0.2, -0.15) is 5.10 Å². The van der Waals surface area contributed by atoms with E-state index in [0.29, 0.717) is 60.3 Å². The Labute approximate surface area is 236 Å². The van der Waals surface area contributed by atoms with Crippen LogP contribution in [-0.2, 0) is 6.54 Å². The number of rotatable bonds is 5. The van der Waals surface area contributed by atoms with Crippen molar-refractivity contribution in [1.82, 2.24) is 29.1 Å². The summed E-state index contributed by atoms with van der Waals surface area (Å²) in [7, 11) is 2.18. The zero-order valence-electron chi connectivity index (χ0n) is 22.9. The summed E-state index contributed by atoms with van der Waals surface area (Å²) < 4.78 is 16.2. The summed E-state index contributed by atoms with van der Waals surface area (Å²) in [4.78, 5) is 37.5. The third kappa shape index (κ3) is 4.58. The van der Waals surface area contributed by atoms with Crippen molar-refractivity contribution in [3.05, 3.63) is 82.8 Å². The average Bonchev–Trinajstić information content (AvgIpc) is 3.70. The smallest absolute Gasteiger partial charge is 0.264 e. The zero-order chi connectivity index (χ0) is 28.3. The van der Waals surface area contributed by atoms with Gasteiger partial charge in [0.05, 0.1) is 24.0 Å². The highest BCUT2D eigenvalue weighted by Gasteiger charge is 2.41. The third-order valence-electron chi connectivity index (χ3n) is 9.03. The zero-order valence-corrected chi connectivity index (χ0v) is 22.9. The van der Waals surface area contributed by atoms with Crippen LogP contribution in [0.2, 0.25) is 0 Å². The summed E-state index contributed by atoms with van der Waals surface area (Å²) in [6, 6.07) is 14.8. The number of halogens is 1. The summed E-state index contributed by atoms with van der Waals surface area (Å²) in [5.74, 6) is -0.411. The van der Waals surface area contributed by atoms with E-state index in [-0.39, 0.29) is 23.8 Å². The van der Waals surface area contributed by atoms with E-state index < -0.39 is 5.60 Å². The predicted octanol–water partition coefficient (Wildman–Crippen LogP) is 2.28. The summed E-state index contributed by atoms with van der Waals surface area (Å²) in [5, 5.41) is 15.9. The van der Waals surface area contributed by atoms with E-state index in [1.807, 2.05) is 24.3 Å². The van der Waals surface area contributed by atoms with Crippen LogP contribution in [-0.4, -0.2) is 91.1 Å². The molecule has 3 aliphatic heterocycles. The normalized spacial score (nSPS) is 22.1. The van der Waals surface area contributed by atoms with E-state index in [1.54, 1.807) is 17.0 Å². The van der Waals surface area contributed by atoms with Crippen LogP contribution >= 0.6 is 0 Å². The molecule has 2 bridgehead atoms. The molecule has 7 rings (SSSR count). The van der Waals surface area contributed by atoms with Crippen molar-refractivity contribution in [2.75, 3.05) is 38.1 Å². The van der Waals surface area contributed by atoms with Gasteiger partial charge in [0.2, 0.25) is 0 Å². The number of hydrogen-bond donors (Lipinski definition) is 1. The number of hydrogen-bond acceptors (Lipinski definition) is 7. The number of benzene rings is 2. The van der Waals surface area contributed by atoms with E-state index in [9.17, 15) is 19.1 Å². The molecule has 11 heteroatoms. The summed E-state index contributed by atoms with van der Waals surface area (Å²) in [5.41, 5.74) is 1.30. The van der Waals surface area contributed by atoms with Crippen molar-refractivity contribution in [2.45, 2.75) is 43.5 Å². The molecule has 2 aromatic heterocycles. The molecule has 0 radical (unpaired) electrons. The van der Waals surface area contributed by atoms with Gasteiger partial charge in [-0.25, -0.2) is 14.1 Å². The molecule has 2 atom stereocenters. The van der Waals surface area contributed by atoms with Crippen LogP contribution in [0, 0.1) is 5.82 Å². The Morgan fingerprint density at radius 3 is 2.39 bits per heavy atom. The van der Waals surface area contributed by atoms with Crippen molar-refractivity contribution >= 4 is 22.6 Å². The number of piperidine rings is 1. The SMILES string of the molecule is CN1CC2CC1CN2c1ccc(C(=O)N2CCC(O)(Cn3cnc4c(cnn4-c4ccc(F)cc4)c3=O)CC2)cc1. The maximum absolute atomic E-state index is 13.3. The highest BCUT2D eigenvalue weighted by atomic mass is 19.1. The molecule has 3 saturated heterocycles. The van der Waals surface area contributed by atoms with Crippen molar-refractivity contribution < 1.29 is 14.3 Å². The molecule has 41 heavy (non-hydrogen) atoms. The Balaban J connectivity index is 1.00. The van der Waals surface area contributed by atoms with Crippen LogP contribution in [0.15, 0.2) is 65.8 Å². The standard InChI is InChI=1S/C30H32FN7O3/c1-34-16-25-14-24(34)17-37(25)22-6-2-20(3-7-22)28(39)35-12-10-30(41,11-13-35)18-36-19-32-27-26(29(36)40)15-33-38(27)23-8-4-21(31)5-9-23/h2-9,15,19,24-25,41H,10-14,16-18H2,1H3. The van der Waals surface area contributed by atoms with Gasteiger partial charge in [0.15, 0.2) is 5.65 Å². The lowest BCUT2D eigenvalue weighted by molar-refractivity contribution is -0.0299. The number of anilines is 1. The Bertz CT molecular complexity index is 1660. The molecule has 3 aliphatic rings. The van der Waals surface area contributed by atoms with Gasteiger partial charge in [-0.15, -0.1) is 0 Å². The van der Waals surface area contributed by atoms with E-state index in [1.165, 1.54) is 40.3 Å². The highest BCUT2D eigenvalue weighted by molar-refractivity contribution is 5.94. The molecule has 0 aliphatic carbocycles. The fraction of sp³-hybridized carbons (Fsp3) is 0.400. The first-order valence-electron chi connectivity index (χ1n) is 14.1. The fourth-order valence-electron chi connectivity index (χ4n) is 6.59. The van der Waals surface area contributed by atoms with E-state index in [0.717, 1.165) is 18.8 Å². The second kappa shape index (κ2) is 9.78. The van der Waals surface area contributed by atoms with Gasteiger partial charge in [-0.05, 0) is 74.8 Å². The van der Waals surface area contributed by atoms with Crippen LogP contribution in [0.1, 0.15) is 29.6 Å². The van der Waals surface area contributed by atoms with Gasteiger partial charge in [0.25, 0.3) is 11.5 Å².